The summed E-state index contributed by atoms with van der Waals surface area (Å²) in [5, 5.41) is 9.53. The van der Waals surface area contributed by atoms with E-state index in [2.05, 4.69) is 9.97 Å². The van der Waals surface area contributed by atoms with Crippen LogP contribution in [0.5, 0.6) is 11.5 Å². The molecule has 0 aliphatic rings. The number of rotatable bonds is 6. The molecule has 1 heterocycles. The van der Waals surface area contributed by atoms with E-state index in [4.69, 9.17) is 14.7 Å². The molecule has 0 amide bonds. The molecule has 6 heteroatoms. The highest BCUT2D eigenvalue weighted by Crippen LogP contribution is 2.19. The first-order valence-corrected chi connectivity index (χ1v) is 6.93. The van der Waals surface area contributed by atoms with Crippen LogP contribution in [-0.4, -0.2) is 29.4 Å². The van der Waals surface area contributed by atoms with Gasteiger partial charge in [0.2, 0.25) is 0 Å². The first kappa shape index (κ1) is 14.2. The Morgan fingerprint density at radius 3 is 2.55 bits per heavy atom. The molecule has 0 atom stereocenters. The smallest absolute Gasteiger partial charge is 0.172 e. The van der Waals surface area contributed by atoms with E-state index in [1.165, 1.54) is 18.0 Å². The van der Waals surface area contributed by atoms with Crippen molar-refractivity contribution in [3.8, 4) is 17.6 Å². The minimum Gasteiger partial charge on any atom is -0.497 e. The van der Waals surface area contributed by atoms with Crippen LogP contribution in [0.2, 0.25) is 0 Å². The maximum Gasteiger partial charge on any atom is 0.172 e. The van der Waals surface area contributed by atoms with Crippen molar-refractivity contribution in [3.05, 3.63) is 42.4 Å². The second kappa shape index (κ2) is 7.36. The van der Waals surface area contributed by atoms with Gasteiger partial charge in [0.15, 0.2) is 5.69 Å². The van der Waals surface area contributed by atoms with Crippen molar-refractivity contribution >= 4 is 11.8 Å². The van der Waals surface area contributed by atoms with Crippen molar-refractivity contribution < 1.29 is 9.47 Å². The normalized spacial score (nSPS) is 9.80. The Bertz CT molecular complexity index is 596. The summed E-state index contributed by atoms with van der Waals surface area (Å²) in [6.07, 6.45) is 3.09. The molecular weight excluding hydrogens is 274 g/mol. The molecule has 2 aromatic rings. The van der Waals surface area contributed by atoms with Crippen LogP contribution in [0.1, 0.15) is 5.69 Å². The maximum absolute atomic E-state index is 8.89. The van der Waals surface area contributed by atoms with E-state index in [1.807, 2.05) is 30.3 Å². The molecule has 20 heavy (non-hydrogen) atoms. The fraction of sp³-hybridized carbons (Fsp3) is 0.214. The Morgan fingerprint density at radius 2 is 1.85 bits per heavy atom. The third-order valence-corrected chi connectivity index (χ3v) is 3.36. The summed E-state index contributed by atoms with van der Waals surface area (Å²) in [4.78, 5) is 8.08. The standard InChI is InChI=1S/C14H13N3O2S/c1-18-11-2-4-12(5-3-11)19-8-9-20-14-13(10-15)16-6-7-17-14/h2-7H,8-9H2,1H3. The first-order valence-electron chi connectivity index (χ1n) is 5.94. The third kappa shape index (κ3) is 3.87. The quantitative estimate of drug-likeness (QED) is 0.600. The molecule has 0 aliphatic carbocycles. The van der Waals surface area contributed by atoms with Crippen LogP contribution in [0.4, 0.5) is 0 Å². The van der Waals surface area contributed by atoms with Crippen LogP contribution in [0.25, 0.3) is 0 Å². The van der Waals surface area contributed by atoms with Gasteiger partial charge in [-0.2, -0.15) is 5.26 Å². The van der Waals surface area contributed by atoms with Crippen LogP contribution in [0.3, 0.4) is 0 Å². The Morgan fingerprint density at radius 1 is 1.15 bits per heavy atom. The Labute approximate surface area is 121 Å². The largest absolute Gasteiger partial charge is 0.497 e. The number of hydrogen-bond donors (Lipinski definition) is 0. The van der Waals surface area contributed by atoms with Gasteiger partial charge in [0.05, 0.1) is 13.7 Å². The zero-order chi connectivity index (χ0) is 14.2. The van der Waals surface area contributed by atoms with Gasteiger partial charge in [0.1, 0.15) is 22.6 Å². The fourth-order valence-electron chi connectivity index (χ4n) is 1.48. The van der Waals surface area contributed by atoms with Gasteiger partial charge in [-0.15, -0.1) is 0 Å². The lowest BCUT2D eigenvalue weighted by Gasteiger charge is -2.06. The highest BCUT2D eigenvalue weighted by atomic mass is 32.2. The SMILES string of the molecule is COc1ccc(OCCSc2nccnc2C#N)cc1. The van der Waals surface area contributed by atoms with Gasteiger partial charge in [0, 0.05) is 18.1 Å². The lowest BCUT2D eigenvalue weighted by molar-refractivity contribution is 0.342. The molecule has 5 nitrogen and oxygen atoms in total. The number of nitriles is 1. The number of aromatic nitrogens is 2. The number of ether oxygens (including phenoxy) is 2. The molecule has 1 aromatic heterocycles. The van der Waals surface area contributed by atoms with Crippen LogP contribution in [-0.2, 0) is 0 Å². The molecule has 0 saturated carbocycles. The Balaban J connectivity index is 1.80. The number of nitrogens with zero attached hydrogens (tertiary/aromatic N) is 3. The summed E-state index contributed by atoms with van der Waals surface area (Å²) >= 11 is 1.45. The highest BCUT2D eigenvalue weighted by molar-refractivity contribution is 7.99. The van der Waals surface area contributed by atoms with Gasteiger partial charge >= 0.3 is 0 Å². The molecule has 0 spiro atoms. The van der Waals surface area contributed by atoms with E-state index in [1.54, 1.807) is 13.3 Å². The van der Waals surface area contributed by atoms with Crippen molar-refractivity contribution in [2.75, 3.05) is 19.5 Å². The zero-order valence-electron chi connectivity index (χ0n) is 10.9. The van der Waals surface area contributed by atoms with Gasteiger partial charge in [-0.25, -0.2) is 9.97 Å². The van der Waals surface area contributed by atoms with Crippen molar-refractivity contribution in [1.29, 1.82) is 5.26 Å². The number of methoxy groups -OCH3 is 1. The molecule has 0 bridgehead atoms. The maximum atomic E-state index is 8.89. The summed E-state index contributed by atoms with van der Waals surface area (Å²) in [5.74, 6) is 2.27. The minimum atomic E-state index is 0.349. The molecular formula is C14H13N3O2S. The van der Waals surface area contributed by atoms with E-state index in [-0.39, 0.29) is 0 Å². The van der Waals surface area contributed by atoms with Gasteiger partial charge in [0.25, 0.3) is 0 Å². The van der Waals surface area contributed by atoms with Crippen LogP contribution in [0, 0.1) is 11.3 Å². The van der Waals surface area contributed by atoms with Gasteiger partial charge in [-0.1, -0.05) is 11.8 Å². The Kier molecular flexibility index (Phi) is 5.21. The third-order valence-electron chi connectivity index (χ3n) is 2.42. The summed E-state index contributed by atoms with van der Waals surface area (Å²) < 4.78 is 10.7. The molecule has 0 fully saturated rings. The first-order chi connectivity index (χ1) is 9.83. The molecule has 2 rings (SSSR count). The van der Waals surface area contributed by atoms with Crippen molar-refractivity contribution in [1.82, 2.24) is 9.97 Å². The summed E-state index contributed by atoms with van der Waals surface area (Å²) in [6, 6.07) is 9.42. The van der Waals surface area contributed by atoms with Crippen LogP contribution in [0.15, 0.2) is 41.7 Å². The molecule has 0 saturated heterocycles. The van der Waals surface area contributed by atoms with E-state index in [0.29, 0.717) is 23.1 Å². The Hall–Kier alpha value is -2.26. The molecule has 1 aromatic carbocycles. The van der Waals surface area contributed by atoms with Gasteiger partial charge in [-0.3, -0.25) is 0 Å². The van der Waals surface area contributed by atoms with Crippen LogP contribution >= 0.6 is 11.8 Å². The second-order valence-electron chi connectivity index (χ2n) is 3.69. The molecule has 0 aliphatic heterocycles. The monoisotopic (exact) mass is 287 g/mol. The summed E-state index contributed by atoms with van der Waals surface area (Å²) in [6.45, 7) is 0.526. The van der Waals surface area contributed by atoms with Crippen molar-refractivity contribution in [2.45, 2.75) is 5.03 Å². The highest BCUT2D eigenvalue weighted by Gasteiger charge is 2.04. The molecule has 0 unspecified atom stereocenters. The predicted molar refractivity (Wildman–Crippen MR) is 76.0 cm³/mol. The number of hydrogen-bond acceptors (Lipinski definition) is 6. The molecule has 0 radical (unpaired) electrons. The van der Waals surface area contributed by atoms with E-state index in [9.17, 15) is 0 Å². The van der Waals surface area contributed by atoms with Gasteiger partial charge in [-0.05, 0) is 24.3 Å². The fourth-order valence-corrected chi connectivity index (χ4v) is 2.21. The average Bonchev–Trinajstić information content (AvgIpc) is 2.52. The van der Waals surface area contributed by atoms with E-state index < -0.39 is 0 Å². The minimum absolute atomic E-state index is 0.349. The second-order valence-corrected chi connectivity index (χ2v) is 4.78. The molecule has 102 valence electrons. The summed E-state index contributed by atoms with van der Waals surface area (Å²) in [7, 11) is 1.63. The summed E-state index contributed by atoms with van der Waals surface area (Å²) in [5.41, 5.74) is 0.349. The lowest BCUT2D eigenvalue weighted by atomic mass is 10.3. The van der Waals surface area contributed by atoms with Crippen molar-refractivity contribution in [2.24, 2.45) is 0 Å². The van der Waals surface area contributed by atoms with E-state index in [0.717, 1.165) is 11.5 Å². The average molecular weight is 287 g/mol. The lowest BCUT2D eigenvalue weighted by Crippen LogP contribution is -2.01. The zero-order valence-corrected chi connectivity index (χ0v) is 11.8. The molecule has 0 N–H and O–H groups in total. The van der Waals surface area contributed by atoms with Crippen molar-refractivity contribution in [3.63, 3.8) is 0 Å². The van der Waals surface area contributed by atoms with Crippen LogP contribution < -0.4 is 9.47 Å². The van der Waals surface area contributed by atoms with E-state index >= 15 is 0 Å². The van der Waals surface area contributed by atoms with Gasteiger partial charge < -0.3 is 9.47 Å². The number of benzene rings is 1. The number of thioether (sulfide) groups is 1. The predicted octanol–water partition coefficient (Wildman–Crippen LogP) is 2.53. The topological polar surface area (TPSA) is 68.0 Å².